The Balaban J connectivity index is 0.847. The number of aromatic nitrogens is 2. The zero-order chi connectivity index (χ0) is 43.5. The van der Waals surface area contributed by atoms with Crippen molar-refractivity contribution in [3.05, 3.63) is 270 Å². The molecule has 0 bridgehead atoms. The Labute approximate surface area is 381 Å². The van der Waals surface area contributed by atoms with Gasteiger partial charge in [0.1, 0.15) is 0 Å². The van der Waals surface area contributed by atoms with Gasteiger partial charge in [-0.15, -0.1) is 0 Å². The van der Waals surface area contributed by atoms with Gasteiger partial charge in [0.25, 0.3) is 0 Å². The summed E-state index contributed by atoms with van der Waals surface area (Å²) >= 11 is 0. The molecule has 1 aliphatic carbocycles. The average Bonchev–Trinajstić information content (AvgIpc) is 4.01. The first kappa shape index (κ1) is 36.7. The second kappa shape index (κ2) is 13.9. The van der Waals surface area contributed by atoms with Crippen LogP contribution in [0.25, 0.3) is 66.1 Å². The molecule has 4 heteroatoms. The normalized spacial score (nSPS) is 13.3. The topological polar surface area (TPSA) is 30.2 Å². The Bertz CT molecular complexity index is 3830. The highest BCUT2D eigenvalue weighted by Gasteiger charge is 2.51. The van der Waals surface area contributed by atoms with Gasteiger partial charge in [-0.05, 0) is 124 Å². The molecular weight excluding hydrogens is 803 g/mol. The maximum absolute atomic E-state index is 14.6. The lowest BCUT2D eigenvalue weighted by Gasteiger charge is -2.45. The van der Waals surface area contributed by atoms with E-state index in [1.807, 2.05) is 18.2 Å². The summed E-state index contributed by atoms with van der Waals surface area (Å²) in [7, 11) is 0. The Hall–Kier alpha value is -8.73. The van der Waals surface area contributed by atoms with Crippen LogP contribution in [0.15, 0.2) is 237 Å². The van der Waals surface area contributed by atoms with Gasteiger partial charge in [0.05, 0.1) is 38.9 Å². The molecule has 10 aromatic carbocycles. The number of hydrogen-bond acceptors (Lipinski definition) is 2. The second-order valence-corrected chi connectivity index (χ2v) is 17.6. The standard InChI is InChI=1S/C62H39N3O/c66-61(40-32-35-42(36-33-40)63-59-30-13-8-25-53(59)62(54-26-9-14-31-60(54)63)51-23-6-1-18-45(51)46-19-2-7-24-52(46)62)41-34-37-58-50(38-41)49-22-5-12-29-57(49)65(58)44-17-15-16-43(39-44)64-55-27-10-3-20-47(55)48-21-4-11-28-56(48)64/h1-39H. The van der Waals surface area contributed by atoms with E-state index in [1.54, 1.807) is 0 Å². The third-order valence-corrected chi connectivity index (χ3v) is 14.3. The van der Waals surface area contributed by atoms with Gasteiger partial charge < -0.3 is 14.0 Å². The number of para-hydroxylation sites is 5. The van der Waals surface area contributed by atoms with Crippen LogP contribution in [0.5, 0.6) is 0 Å². The summed E-state index contributed by atoms with van der Waals surface area (Å²) in [6.07, 6.45) is 0. The van der Waals surface area contributed by atoms with Crippen LogP contribution in [0.4, 0.5) is 17.1 Å². The number of hydrogen-bond donors (Lipinski definition) is 0. The fourth-order valence-electron chi connectivity index (χ4n) is 11.6. The lowest BCUT2D eigenvalue weighted by Crippen LogP contribution is -2.36. The summed E-state index contributed by atoms with van der Waals surface area (Å²) in [5, 5.41) is 4.62. The van der Waals surface area contributed by atoms with Crippen molar-refractivity contribution in [2.24, 2.45) is 0 Å². The van der Waals surface area contributed by atoms with E-state index in [2.05, 4.69) is 232 Å². The fourth-order valence-corrected chi connectivity index (χ4v) is 11.6. The molecule has 2 aliphatic rings. The predicted octanol–water partition coefficient (Wildman–Crippen LogP) is 15.3. The van der Waals surface area contributed by atoms with E-state index in [4.69, 9.17) is 0 Å². The maximum Gasteiger partial charge on any atom is 0.193 e. The maximum atomic E-state index is 14.6. The van der Waals surface area contributed by atoms with E-state index in [1.165, 1.54) is 55.2 Å². The van der Waals surface area contributed by atoms with Gasteiger partial charge in [0, 0.05) is 49.7 Å². The number of rotatable bonds is 5. The molecule has 12 aromatic rings. The molecule has 0 saturated heterocycles. The Morgan fingerprint density at radius 1 is 0.318 bits per heavy atom. The van der Waals surface area contributed by atoms with Crippen molar-refractivity contribution in [1.82, 2.24) is 9.13 Å². The third-order valence-electron chi connectivity index (χ3n) is 14.3. The molecule has 0 radical (unpaired) electrons. The van der Waals surface area contributed by atoms with E-state index < -0.39 is 5.41 Å². The van der Waals surface area contributed by atoms with Crippen molar-refractivity contribution in [3.63, 3.8) is 0 Å². The van der Waals surface area contributed by atoms with Crippen LogP contribution in [0.2, 0.25) is 0 Å². The van der Waals surface area contributed by atoms with Gasteiger partial charge in [0.15, 0.2) is 5.78 Å². The van der Waals surface area contributed by atoms with E-state index in [9.17, 15) is 4.79 Å². The number of carbonyl (C=O) groups is 1. The van der Waals surface area contributed by atoms with Crippen molar-refractivity contribution in [2.45, 2.75) is 5.41 Å². The number of benzene rings is 10. The smallest absolute Gasteiger partial charge is 0.193 e. The summed E-state index contributed by atoms with van der Waals surface area (Å²) in [5.41, 5.74) is 18.4. The number of nitrogens with zero attached hydrogens (tertiary/aromatic N) is 3. The van der Waals surface area contributed by atoms with Crippen LogP contribution in [0.1, 0.15) is 38.2 Å². The molecule has 308 valence electrons. The quantitative estimate of drug-likeness (QED) is 0.162. The minimum atomic E-state index is -0.469. The molecule has 0 N–H and O–H groups in total. The van der Waals surface area contributed by atoms with Crippen LogP contribution >= 0.6 is 0 Å². The first-order valence-corrected chi connectivity index (χ1v) is 22.6. The average molecular weight is 842 g/mol. The van der Waals surface area contributed by atoms with Crippen LogP contribution in [0, 0.1) is 0 Å². The van der Waals surface area contributed by atoms with E-state index in [0.717, 1.165) is 50.2 Å². The summed E-state index contributed by atoms with van der Waals surface area (Å²) in [4.78, 5) is 16.9. The Morgan fingerprint density at radius 2 is 0.742 bits per heavy atom. The van der Waals surface area contributed by atoms with E-state index in [0.29, 0.717) is 11.1 Å². The molecule has 0 unspecified atom stereocenters. The van der Waals surface area contributed by atoms with Crippen molar-refractivity contribution < 1.29 is 4.79 Å². The minimum absolute atomic E-state index is 0.00814. The minimum Gasteiger partial charge on any atom is -0.310 e. The molecule has 3 heterocycles. The molecule has 1 aliphatic heterocycles. The Morgan fingerprint density at radius 3 is 1.29 bits per heavy atom. The molecule has 0 fully saturated rings. The summed E-state index contributed by atoms with van der Waals surface area (Å²) < 4.78 is 4.68. The largest absolute Gasteiger partial charge is 0.310 e. The van der Waals surface area contributed by atoms with Gasteiger partial charge >= 0.3 is 0 Å². The SMILES string of the molecule is O=C(c1ccc(N2c3ccccc3C3(c4ccccc4-c4ccccc43)c3ccccc32)cc1)c1ccc2c(c1)c1ccccc1n2-c1cccc(-n2c3ccccc3c3ccccc32)c1. The number of carbonyl (C=O) groups excluding carboxylic acids is 1. The predicted molar refractivity (Wildman–Crippen MR) is 271 cm³/mol. The van der Waals surface area contributed by atoms with Gasteiger partial charge in [-0.3, -0.25) is 4.79 Å². The van der Waals surface area contributed by atoms with Crippen LogP contribution in [-0.2, 0) is 5.41 Å². The summed E-state index contributed by atoms with van der Waals surface area (Å²) in [6, 6.07) is 84.3. The third kappa shape index (κ3) is 4.95. The van der Waals surface area contributed by atoms with Gasteiger partial charge in [-0.25, -0.2) is 0 Å². The van der Waals surface area contributed by atoms with Crippen molar-refractivity contribution in [3.8, 4) is 22.5 Å². The zero-order valence-corrected chi connectivity index (χ0v) is 35.8. The molecule has 66 heavy (non-hydrogen) atoms. The molecule has 0 saturated carbocycles. The molecule has 0 amide bonds. The van der Waals surface area contributed by atoms with Gasteiger partial charge in [0.2, 0.25) is 0 Å². The Kier molecular flexibility index (Phi) is 7.72. The van der Waals surface area contributed by atoms with Gasteiger partial charge in [-0.2, -0.15) is 0 Å². The first-order chi connectivity index (χ1) is 32.7. The van der Waals surface area contributed by atoms with Crippen molar-refractivity contribution in [2.75, 3.05) is 4.90 Å². The second-order valence-electron chi connectivity index (χ2n) is 17.6. The van der Waals surface area contributed by atoms with Crippen LogP contribution in [0.3, 0.4) is 0 Å². The zero-order valence-electron chi connectivity index (χ0n) is 35.8. The number of ketones is 1. The van der Waals surface area contributed by atoms with E-state index >= 15 is 0 Å². The number of anilines is 3. The highest BCUT2D eigenvalue weighted by atomic mass is 16.1. The lowest BCUT2D eigenvalue weighted by atomic mass is 9.64. The molecular formula is C62H39N3O. The van der Waals surface area contributed by atoms with E-state index in [-0.39, 0.29) is 5.78 Å². The van der Waals surface area contributed by atoms with Crippen LogP contribution < -0.4 is 4.90 Å². The highest BCUT2D eigenvalue weighted by Crippen LogP contribution is 2.63. The monoisotopic (exact) mass is 841 g/mol. The van der Waals surface area contributed by atoms with Gasteiger partial charge in [-0.1, -0.05) is 146 Å². The van der Waals surface area contributed by atoms with Crippen molar-refractivity contribution in [1.29, 1.82) is 0 Å². The lowest BCUT2D eigenvalue weighted by molar-refractivity contribution is 0.103. The van der Waals surface area contributed by atoms with Crippen molar-refractivity contribution >= 4 is 66.5 Å². The molecule has 4 nitrogen and oxygen atoms in total. The van der Waals surface area contributed by atoms with Crippen LogP contribution in [-0.4, -0.2) is 14.9 Å². The first-order valence-electron chi connectivity index (χ1n) is 22.6. The molecule has 0 atom stereocenters. The summed E-state index contributed by atoms with van der Waals surface area (Å²) in [5.74, 6) is -0.00814. The molecule has 1 spiro atoms. The molecule has 2 aromatic heterocycles. The fraction of sp³-hybridized carbons (Fsp3) is 0.0161. The number of fused-ring (bicyclic) bond motifs is 15. The highest BCUT2D eigenvalue weighted by molar-refractivity contribution is 6.15. The summed E-state index contributed by atoms with van der Waals surface area (Å²) in [6.45, 7) is 0. The molecule has 14 rings (SSSR count).